The molecule has 2 N–H and O–H groups in total. The number of amides is 1. The third kappa shape index (κ3) is 8.13. The molecule has 46 heavy (non-hydrogen) atoms. The zero-order chi connectivity index (χ0) is 32.8. The summed E-state index contributed by atoms with van der Waals surface area (Å²) >= 11 is 10.3. The number of carbonyl (C=O) groups is 1. The molecule has 6 nitrogen and oxygen atoms in total. The highest BCUT2D eigenvalue weighted by Gasteiger charge is 2.51. The molecule has 1 saturated heterocycles. The summed E-state index contributed by atoms with van der Waals surface area (Å²) in [5.74, 6) is 3.09. The number of nitrogens with one attached hydrogen (secondary N) is 1. The molecule has 2 aromatic rings. The Balaban J connectivity index is 1.49. The third-order valence-corrected chi connectivity index (χ3v) is 14.1. The van der Waals surface area contributed by atoms with Gasteiger partial charge in [0.25, 0.3) is 5.91 Å². The molecule has 2 fully saturated rings. The molecule has 2 aromatic carbocycles. The molecule has 10 heteroatoms. The minimum Gasteiger partial charge on any atom is -0.491 e. The molecule has 1 aliphatic carbocycles. The first kappa shape index (κ1) is 35.7. The third-order valence-electron chi connectivity index (χ3n) is 9.42. The Morgan fingerprint density at radius 2 is 1.98 bits per heavy atom. The summed E-state index contributed by atoms with van der Waals surface area (Å²) in [5.41, 5.74) is 2.96. The Morgan fingerprint density at radius 1 is 1.20 bits per heavy atom. The first-order chi connectivity index (χ1) is 22.1. The normalized spacial score (nSPS) is 24.1. The second-order valence-electron chi connectivity index (χ2n) is 13.0. The summed E-state index contributed by atoms with van der Waals surface area (Å²) in [6.45, 7) is 9.93. The molecule has 2 heterocycles. The lowest BCUT2D eigenvalue weighted by Crippen LogP contribution is -2.54. The molecule has 5 rings (SSSR count). The van der Waals surface area contributed by atoms with Gasteiger partial charge in [-0.1, -0.05) is 50.1 Å². The second-order valence-corrected chi connectivity index (χ2v) is 17.9. The van der Waals surface area contributed by atoms with E-state index in [2.05, 4.69) is 47.8 Å². The quantitative estimate of drug-likeness (QED) is 0.217. The van der Waals surface area contributed by atoms with Gasteiger partial charge in [0.2, 0.25) is 0 Å². The minimum atomic E-state index is -1.47. The van der Waals surface area contributed by atoms with Crippen LogP contribution in [0.2, 0.25) is 5.02 Å². The van der Waals surface area contributed by atoms with Crippen LogP contribution in [0.15, 0.2) is 48.6 Å². The number of aliphatic hydroxyl groups is 1. The average molecular weight is 705 g/mol. The summed E-state index contributed by atoms with van der Waals surface area (Å²) < 4.78 is 21.8. The van der Waals surface area contributed by atoms with Gasteiger partial charge >= 0.3 is 0 Å². The predicted molar refractivity (Wildman–Crippen MR) is 197 cm³/mol. The number of carbonyl (C=O) groups excluding carboxylic acids is 1. The smallest absolute Gasteiger partial charge is 0.263 e. The molecule has 0 bridgehead atoms. The Labute approximate surface area is 291 Å². The number of allylic oxidation sites excluding steroid dienone is 1. The predicted octanol–water partition coefficient (Wildman–Crippen LogP) is 8.00. The number of ether oxygens (including phenoxy) is 1. The Hall–Kier alpha value is -1.65. The SMILES string of the molecule is CC/C=C/C(O)(C1SCCCS1)C1CCC1CN1CC(c2ccc(Cl)cc2CCC)COc2ccc(C(=O)NS(=O)C(C)C)cc21. The molecule has 2 aliphatic heterocycles. The number of fused-ring (bicyclic) bond motifs is 1. The van der Waals surface area contributed by atoms with E-state index in [4.69, 9.17) is 16.3 Å². The van der Waals surface area contributed by atoms with Gasteiger partial charge in [-0.25, -0.2) is 4.21 Å². The Kier molecular flexibility index (Phi) is 12.5. The number of halogens is 1. The Morgan fingerprint density at radius 3 is 2.65 bits per heavy atom. The largest absolute Gasteiger partial charge is 0.491 e. The monoisotopic (exact) mass is 704 g/mol. The van der Waals surface area contributed by atoms with E-state index >= 15 is 0 Å². The highest BCUT2D eigenvalue weighted by Crippen LogP contribution is 2.52. The van der Waals surface area contributed by atoms with Crippen molar-refractivity contribution in [1.29, 1.82) is 0 Å². The van der Waals surface area contributed by atoms with Crippen molar-refractivity contribution in [3.63, 3.8) is 0 Å². The van der Waals surface area contributed by atoms with E-state index in [9.17, 15) is 14.1 Å². The topological polar surface area (TPSA) is 78.9 Å². The fourth-order valence-corrected chi connectivity index (χ4v) is 10.8. The second kappa shape index (κ2) is 16.2. The van der Waals surface area contributed by atoms with E-state index in [-0.39, 0.29) is 33.5 Å². The lowest BCUT2D eigenvalue weighted by atomic mass is 9.64. The number of anilines is 1. The zero-order valence-corrected chi connectivity index (χ0v) is 30.7. The molecule has 5 unspecified atom stereocenters. The summed E-state index contributed by atoms with van der Waals surface area (Å²) in [4.78, 5) is 15.6. The number of nitrogens with zero attached hydrogens (tertiary/aromatic N) is 1. The fraction of sp³-hybridized carbons (Fsp3) is 0.583. The number of aryl methyl sites for hydroxylation is 1. The van der Waals surface area contributed by atoms with Crippen LogP contribution < -0.4 is 14.4 Å². The van der Waals surface area contributed by atoms with Gasteiger partial charge in [0.1, 0.15) is 22.3 Å². The van der Waals surface area contributed by atoms with Crippen LogP contribution in [-0.4, -0.2) is 61.9 Å². The maximum absolute atomic E-state index is 13.2. The van der Waals surface area contributed by atoms with Crippen LogP contribution >= 0.6 is 35.1 Å². The van der Waals surface area contributed by atoms with Gasteiger partial charge in [-0.3, -0.25) is 9.52 Å². The van der Waals surface area contributed by atoms with E-state index in [1.54, 1.807) is 6.07 Å². The molecule has 1 saturated carbocycles. The summed E-state index contributed by atoms with van der Waals surface area (Å²) in [6.07, 6.45) is 10.3. The lowest BCUT2D eigenvalue weighted by Gasteiger charge is -2.51. The van der Waals surface area contributed by atoms with Crippen LogP contribution in [0.5, 0.6) is 5.75 Å². The molecule has 0 spiro atoms. The van der Waals surface area contributed by atoms with E-state index in [0.29, 0.717) is 18.7 Å². The zero-order valence-electron chi connectivity index (χ0n) is 27.5. The highest BCUT2D eigenvalue weighted by atomic mass is 35.5. The van der Waals surface area contributed by atoms with Crippen molar-refractivity contribution in [2.45, 2.75) is 87.6 Å². The summed E-state index contributed by atoms with van der Waals surface area (Å²) in [6, 6.07) is 11.7. The fourth-order valence-electron chi connectivity index (χ4n) is 6.84. The lowest BCUT2D eigenvalue weighted by molar-refractivity contribution is -0.0331. The number of benzene rings is 2. The van der Waals surface area contributed by atoms with Gasteiger partial charge < -0.3 is 14.7 Å². The maximum atomic E-state index is 13.2. The molecule has 3 aliphatic rings. The standard InChI is InChI=1S/C36H49ClN2O4S3/c1-5-7-16-36(41,35-44-17-8-18-45-35)31-14-10-27(31)21-39-22-28(30-13-12-29(37)19-25(30)9-6-2)23-43-33-15-11-26(20-32(33)39)34(40)38-46(42)24(3)4/h7,11-13,15-16,19-20,24,27-28,31,35,41H,5-6,8-10,14,17-18,21-23H2,1-4H3,(H,38,40)/b16-7+. The van der Waals surface area contributed by atoms with Crippen molar-refractivity contribution >= 4 is 57.7 Å². The van der Waals surface area contributed by atoms with Crippen LogP contribution in [0.4, 0.5) is 5.69 Å². The molecule has 1 amide bonds. The van der Waals surface area contributed by atoms with Gasteiger partial charge in [0.05, 0.1) is 16.9 Å². The van der Waals surface area contributed by atoms with Crippen molar-refractivity contribution in [2.75, 3.05) is 36.1 Å². The van der Waals surface area contributed by atoms with Crippen LogP contribution in [0.1, 0.15) is 87.2 Å². The van der Waals surface area contributed by atoms with Gasteiger partial charge in [-0.15, -0.1) is 23.5 Å². The molecular formula is C36H49ClN2O4S3. The van der Waals surface area contributed by atoms with Crippen LogP contribution in [-0.2, 0) is 17.4 Å². The molecule has 0 aromatic heterocycles. The van der Waals surface area contributed by atoms with Crippen molar-refractivity contribution < 1.29 is 18.8 Å². The van der Waals surface area contributed by atoms with Crippen LogP contribution in [0, 0.1) is 11.8 Å². The van der Waals surface area contributed by atoms with Crippen molar-refractivity contribution in [1.82, 2.24) is 4.72 Å². The van der Waals surface area contributed by atoms with Crippen LogP contribution in [0.25, 0.3) is 0 Å². The maximum Gasteiger partial charge on any atom is 0.263 e. The molecule has 0 radical (unpaired) electrons. The highest BCUT2D eigenvalue weighted by molar-refractivity contribution is 8.17. The van der Waals surface area contributed by atoms with Gasteiger partial charge in [-0.05, 0) is 111 Å². The van der Waals surface area contributed by atoms with Gasteiger partial charge in [0.15, 0.2) is 0 Å². The van der Waals surface area contributed by atoms with Crippen molar-refractivity contribution in [3.05, 3.63) is 70.3 Å². The first-order valence-electron chi connectivity index (χ1n) is 16.8. The number of rotatable bonds is 12. The van der Waals surface area contributed by atoms with Crippen molar-refractivity contribution in [2.24, 2.45) is 11.8 Å². The van der Waals surface area contributed by atoms with E-state index < -0.39 is 16.6 Å². The summed E-state index contributed by atoms with van der Waals surface area (Å²) in [7, 11) is -1.47. The first-order valence-corrected chi connectivity index (χ1v) is 20.5. The van der Waals surface area contributed by atoms with Gasteiger partial charge in [0, 0.05) is 34.8 Å². The molecular weight excluding hydrogens is 656 g/mol. The minimum absolute atomic E-state index is 0.0961. The number of hydrogen-bond acceptors (Lipinski definition) is 7. The van der Waals surface area contributed by atoms with E-state index in [1.807, 2.05) is 55.6 Å². The molecule has 252 valence electrons. The van der Waals surface area contributed by atoms with Crippen molar-refractivity contribution in [3.8, 4) is 5.75 Å². The summed E-state index contributed by atoms with van der Waals surface area (Å²) in [5, 5.41) is 12.9. The van der Waals surface area contributed by atoms with E-state index in [1.165, 1.54) is 17.5 Å². The number of thioether (sulfide) groups is 2. The van der Waals surface area contributed by atoms with Crippen LogP contribution in [0.3, 0.4) is 0 Å². The number of hydrogen-bond donors (Lipinski definition) is 2. The molecule has 5 atom stereocenters. The van der Waals surface area contributed by atoms with E-state index in [0.717, 1.165) is 66.6 Å². The van der Waals surface area contributed by atoms with Gasteiger partial charge in [-0.2, -0.15) is 0 Å². The average Bonchev–Trinajstić information content (AvgIpc) is 3.21. The Bertz CT molecular complexity index is 1420.